The Bertz CT molecular complexity index is 377. The predicted molar refractivity (Wildman–Crippen MR) is 66.7 cm³/mol. The molecule has 1 aliphatic rings. The number of hydrogen-bond donors (Lipinski definition) is 1. The van der Waals surface area contributed by atoms with Crippen LogP contribution in [0, 0.1) is 5.92 Å². The van der Waals surface area contributed by atoms with Crippen LogP contribution in [-0.2, 0) is 11.3 Å². The van der Waals surface area contributed by atoms with Crippen LogP contribution in [0.3, 0.4) is 0 Å². The Balaban J connectivity index is 2.03. The molecule has 0 aromatic heterocycles. The molecular formula is C14H19NO2. The molecule has 2 atom stereocenters. The molecule has 3 heteroatoms. The van der Waals surface area contributed by atoms with E-state index in [2.05, 4.69) is 17.0 Å². The first-order chi connectivity index (χ1) is 8.18. The van der Waals surface area contributed by atoms with Crippen molar-refractivity contribution in [1.29, 1.82) is 0 Å². The summed E-state index contributed by atoms with van der Waals surface area (Å²) in [5, 5.41) is 9.10. The van der Waals surface area contributed by atoms with E-state index in [9.17, 15) is 4.79 Å². The fraction of sp³-hybridized carbons (Fsp3) is 0.500. The fourth-order valence-electron chi connectivity index (χ4n) is 2.60. The molecule has 0 bridgehead atoms. The minimum absolute atomic E-state index is 0.188. The van der Waals surface area contributed by atoms with Gasteiger partial charge in [-0.15, -0.1) is 0 Å². The van der Waals surface area contributed by atoms with E-state index >= 15 is 0 Å². The van der Waals surface area contributed by atoms with Gasteiger partial charge in [-0.3, -0.25) is 9.69 Å². The Labute approximate surface area is 102 Å². The molecule has 0 saturated carbocycles. The van der Waals surface area contributed by atoms with Gasteiger partial charge in [0, 0.05) is 12.6 Å². The maximum atomic E-state index is 11.1. The Kier molecular flexibility index (Phi) is 3.79. The van der Waals surface area contributed by atoms with Crippen LogP contribution >= 0.6 is 0 Å². The summed E-state index contributed by atoms with van der Waals surface area (Å²) < 4.78 is 0. The van der Waals surface area contributed by atoms with Crippen molar-refractivity contribution in [3.63, 3.8) is 0 Å². The number of carboxylic acids is 1. The summed E-state index contributed by atoms with van der Waals surface area (Å²) in [6.45, 7) is 3.69. The van der Waals surface area contributed by atoms with Crippen molar-refractivity contribution in [2.45, 2.75) is 32.4 Å². The molecule has 1 aliphatic heterocycles. The van der Waals surface area contributed by atoms with E-state index in [0.717, 1.165) is 25.9 Å². The average Bonchev–Trinajstić information content (AvgIpc) is 2.77. The minimum Gasteiger partial charge on any atom is -0.481 e. The van der Waals surface area contributed by atoms with Crippen molar-refractivity contribution < 1.29 is 9.90 Å². The van der Waals surface area contributed by atoms with E-state index in [0.29, 0.717) is 0 Å². The van der Waals surface area contributed by atoms with Crippen LogP contribution in [0.1, 0.15) is 25.3 Å². The van der Waals surface area contributed by atoms with E-state index < -0.39 is 5.97 Å². The first-order valence-electron chi connectivity index (χ1n) is 6.19. The highest BCUT2D eigenvalue weighted by Gasteiger charge is 2.32. The van der Waals surface area contributed by atoms with Gasteiger partial charge in [-0.2, -0.15) is 0 Å². The van der Waals surface area contributed by atoms with Crippen LogP contribution in [0.4, 0.5) is 0 Å². The number of likely N-dealkylation sites (tertiary alicyclic amines) is 1. The van der Waals surface area contributed by atoms with Crippen molar-refractivity contribution in [2.75, 3.05) is 6.54 Å². The topological polar surface area (TPSA) is 40.5 Å². The molecule has 0 spiro atoms. The second-order valence-corrected chi connectivity index (χ2v) is 4.79. The number of hydrogen-bond acceptors (Lipinski definition) is 2. The molecule has 0 radical (unpaired) electrons. The summed E-state index contributed by atoms with van der Waals surface area (Å²) >= 11 is 0. The van der Waals surface area contributed by atoms with Gasteiger partial charge in [-0.25, -0.2) is 0 Å². The summed E-state index contributed by atoms with van der Waals surface area (Å²) in [5.41, 5.74) is 1.26. The van der Waals surface area contributed by atoms with Gasteiger partial charge in [0.15, 0.2) is 0 Å². The number of carboxylic acid groups (broad SMARTS) is 1. The minimum atomic E-state index is -0.685. The van der Waals surface area contributed by atoms with Crippen molar-refractivity contribution in [3.8, 4) is 0 Å². The third-order valence-electron chi connectivity index (χ3n) is 3.61. The molecule has 0 aliphatic carbocycles. The van der Waals surface area contributed by atoms with Crippen LogP contribution in [0.25, 0.3) is 0 Å². The van der Waals surface area contributed by atoms with E-state index in [1.807, 2.05) is 25.1 Å². The lowest BCUT2D eigenvalue weighted by Gasteiger charge is -2.27. The average molecular weight is 233 g/mol. The first kappa shape index (κ1) is 12.1. The van der Waals surface area contributed by atoms with E-state index in [-0.39, 0.29) is 12.0 Å². The number of nitrogens with zero attached hydrogens (tertiary/aromatic N) is 1. The number of carbonyl (C=O) groups is 1. The fourth-order valence-corrected chi connectivity index (χ4v) is 2.60. The van der Waals surface area contributed by atoms with E-state index in [4.69, 9.17) is 5.11 Å². The van der Waals surface area contributed by atoms with Crippen LogP contribution in [-0.4, -0.2) is 28.6 Å². The number of rotatable bonds is 4. The summed E-state index contributed by atoms with van der Waals surface area (Å²) in [6.07, 6.45) is 2.11. The zero-order valence-electron chi connectivity index (χ0n) is 10.2. The molecule has 2 unspecified atom stereocenters. The van der Waals surface area contributed by atoms with Gasteiger partial charge in [0.2, 0.25) is 0 Å². The summed E-state index contributed by atoms with van der Waals surface area (Å²) in [6, 6.07) is 10.4. The van der Waals surface area contributed by atoms with Gasteiger partial charge in [0.05, 0.1) is 5.92 Å². The number of benzene rings is 1. The molecule has 1 saturated heterocycles. The van der Waals surface area contributed by atoms with Gasteiger partial charge >= 0.3 is 5.97 Å². The molecule has 1 heterocycles. The Morgan fingerprint density at radius 2 is 2.18 bits per heavy atom. The summed E-state index contributed by atoms with van der Waals surface area (Å²) in [7, 11) is 0. The summed E-state index contributed by atoms with van der Waals surface area (Å²) in [5.74, 6) is -0.962. The smallest absolute Gasteiger partial charge is 0.307 e. The lowest BCUT2D eigenvalue weighted by molar-refractivity contribution is -0.143. The number of aliphatic carboxylic acids is 1. The third-order valence-corrected chi connectivity index (χ3v) is 3.61. The first-order valence-corrected chi connectivity index (χ1v) is 6.19. The zero-order valence-corrected chi connectivity index (χ0v) is 10.2. The molecule has 1 aromatic carbocycles. The van der Waals surface area contributed by atoms with Crippen LogP contribution in [0.2, 0.25) is 0 Å². The second-order valence-electron chi connectivity index (χ2n) is 4.79. The molecule has 17 heavy (non-hydrogen) atoms. The molecule has 92 valence electrons. The van der Waals surface area contributed by atoms with Crippen LogP contribution < -0.4 is 0 Å². The molecule has 1 fully saturated rings. The second kappa shape index (κ2) is 5.32. The maximum absolute atomic E-state index is 11.1. The SMILES string of the molecule is CC(C(=O)O)C1CCCN1Cc1ccccc1. The largest absolute Gasteiger partial charge is 0.481 e. The van der Waals surface area contributed by atoms with Crippen molar-refractivity contribution in [2.24, 2.45) is 5.92 Å². The highest BCUT2D eigenvalue weighted by Crippen LogP contribution is 2.25. The standard InChI is InChI=1S/C14H19NO2/c1-11(14(16)17)13-8-5-9-15(13)10-12-6-3-2-4-7-12/h2-4,6-7,11,13H,5,8-10H2,1H3,(H,16,17). The van der Waals surface area contributed by atoms with E-state index in [1.54, 1.807) is 0 Å². The van der Waals surface area contributed by atoms with Crippen molar-refractivity contribution in [3.05, 3.63) is 35.9 Å². The molecule has 3 nitrogen and oxygen atoms in total. The van der Waals surface area contributed by atoms with Gasteiger partial charge in [0.25, 0.3) is 0 Å². The monoisotopic (exact) mass is 233 g/mol. The van der Waals surface area contributed by atoms with Gasteiger partial charge in [0.1, 0.15) is 0 Å². The van der Waals surface area contributed by atoms with Gasteiger partial charge < -0.3 is 5.11 Å². The zero-order chi connectivity index (χ0) is 12.3. The van der Waals surface area contributed by atoms with Crippen molar-refractivity contribution >= 4 is 5.97 Å². The van der Waals surface area contributed by atoms with Crippen molar-refractivity contribution in [1.82, 2.24) is 4.90 Å². The molecular weight excluding hydrogens is 214 g/mol. The molecule has 1 N–H and O–H groups in total. The Morgan fingerprint density at radius 1 is 1.47 bits per heavy atom. The quantitative estimate of drug-likeness (QED) is 0.868. The third kappa shape index (κ3) is 2.86. The maximum Gasteiger partial charge on any atom is 0.307 e. The van der Waals surface area contributed by atoms with Crippen LogP contribution in [0.15, 0.2) is 30.3 Å². The van der Waals surface area contributed by atoms with Crippen LogP contribution in [0.5, 0.6) is 0 Å². The van der Waals surface area contributed by atoms with Gasteiger partial charge in [-0.1, -0.05) is 37.3 Å². The molecule has 2 rings (SSSR count). The lowest BCUT2D eigenvalue weighted by Crippen LogP contribution is -2.37. The summed E-state index contributed by atoms with van der Waals surface area (Å²) in [4.78, 5) is 13.4. The Morgan fingerprint density at radius 3 is 2.82 bits per heavy atom. The van der Waals surface area contributed by atoms with E-state index in [1.165, 1.54) is 5.56 Å². The highest BCUT2D eigenvalue weighted by molar-refractivity contribution is 5.70. The molecule has 0 amide bonds. The lowest BCUT2D eigenvalue weighted by atomic mass is 9.99. The Hall–Kier alpha value is -1.35. The highest BCUT2D eigenvalue weighted by atomic mass is 16.4. The normalized spacial score (nSPS) is 22.5. The predicted octanol–water partition coefficient (Wildman–Crippen LogP) is 2.37. The van der Waals surface area contributed by atoms with Gasteiger partial charge in [-0.05, 0) is 24.9 Å². The molecule has 1 aromatic rings.